The van der Waals surface area contributed by atoms with Crippen LogP contribution < -0.4 is 15.6 Å². The van der Waals surface area contributed by atoms with Gasteiger partial charge in [0.25, 0.3) is 5.56 Å². The number of hydrogen-bond acceptors (Lipinski definition) is 5. The maximum absolute atomic E-state index is 13.2. The van der Waals surface area contributed by atoms with Crippen LogP contribution in [0.1, 0.15) is 16.8 Å². The van der Waals surface area contributed by atoms with Gasteiger partial charge in [-0.25, -0.2) is 9.36 Å². The summed E-state index contributed by atoms with van der Waals surface area (Å²) < 4.78 is 7.90. The van der Waals surface area contributed by atoms with E-state index in [0.717, 1.165) is 16.8 Å². The van der Waals surface area contributed by atoms with Gasteiger partial charge in [0.15, 0.2) is 0 Å². The third-order valence-electron chi connectivity index (χ3n) is 5.27. The zero-order valence-electron chi connectivity index (χ0n) is 17.8. The Balaban J connectivity index is 1.68. The summed E-state index contributed by atoms with van der Waals surface area (Å²) in [4.78, 5) is 25.7. The smallest absolute Gasteiger partial charge is 0.293 e. The van der Waals surface area contributed by atoms with Crippen molar-refractivity contribution in [3.05, 3.63) is 75.8 Å². The van der Waals surface area contributed by atoms with E-state index < -0.39 is 0 Å². The fraction of sp³-hybridized carbons (Fsp3) is 0.217. The molecule has 2 aromatic carbocycles. The number of anilines is 1. The van der Waals surface area contributed by atoms with Gasteiger partial charge in [-0.05, 0) is 68.3 Å². The lowest BCUT2D eigenvalue weighted by molar-refractivity contribution is -0.117. The number of carbonyl (C=O) groups excluding carboxylic acids is 1. The number of nitrogens with zero attached hydrogens (tertiary/aromatic N) is 4. The van der Waals surface area contributed by atoms with Crippen molar-refractivity contribution in [3.8, 4) is 11.4 Å². The Morgan fingerprint density at radius 3 is 2.48 bits per heavy atom. The summed E-state index contributed by atoms with van der Waals surface area (Å²) in [6.45, 7) is 5.63. The van der Waals surface area contributed by atoms with E-state index in [-0.39, 0.29) is 18.0 Å². The number of aryl methyl sites for hydroxylation is 3. The summed E-state index contributed by atoms with van der Waals surface area (Å²) in [5.41, 5.74) is 4.31. The van der Waals surface area contributed by atoms with E-state index in [0.29, 0.717) is 28.0 Å². The predicted molar refractivity (Wildman–Crippen MR) is 119 cm³/mol. The molecule has 0 saturated carbocycles. The molecule has 0 fully saturated rings. The second kappa shape index (κ2) is 8.06. The SMILES string of the molecule is COc1ccc(NC(=O)Cn2nc(C)c3cnn(-c4ccc(C)c(C)c4)c3c2=O)cc1. The highest BCUT2D eigenvalue weighted by atomic mass is 16.5. The second-order valence-electron chi connectivity index (χ2n) is 7.41. The minimum atomic E-state index is -0.374. The molecule has 0 aliphatic heterocycles. The molecule has 2 aromatic heterocycles. The Kier molecular flexibility index (Phi) is 5.29. The minimum absolute atomic E-state index is 0.209. The number of fused-ring (bicyclic) bond motifs is 1. The van der Waals surface area contributed by atoms with Crippen LogP contribution in [-0.4, -0.2) is 32.6 Å². The van der Waals surface area contributed by atoms with Crippen molar-refractivity contribution in [3.63, 3.8) is 0 Å². The van der Waals surface area contributed by atoms with Crippen molar-refractivity contribution in [1.29, 1.82) is 0 Å². The summed E-state index contributed by atoms with van der Waals surface area (Å²) in [5.74, 6) is 0.340. The Labute approximate surface area is 179 Å². The lowest BCUT2D eigenvalue weighted by Gasteiger charge is -2.10. The number of hydrogen-bond donors (Lipinski definition) is 1. The van der Waals surface area contributed by atoms with Gasteiger partial charge < -0.3 is 10.1 Å². The van der Waals surface area contributed by atoms with Crippen LogP contribution in [0, 0.1) is 20.8 Å². The van der Waals surface area contributed by atoms with Gasteiger partial charge in [0.2, 0.25) is 5.91 Å². The number of carbonyl (C=O) groups is 1. The minimum Gasteiger partial charge on any atom is -0.497 e. The standard InChI is InChI=1S/C23H23N5O3/c1-14-5-8-18(11-15(14)2)28-22-20(12-24-28)16(3)26-27(23(22)30)13-21(29)25-17-6-9-19(31-4)10-7-17/h5-12H,13H2,1-4H3,(H,25,29). The fourth-order valence-electron chi connectivity index (χ4n) is 3.39. The van der Waals surface area contributed by atoms with E-state index in [2.05, 4.69) is 15.5 Å². The van der Waals surface area contributed by atoms with Gasteiger partial charge in [-0.15, -0.1) is 0 Å². The number of rotatable bonds is 5. The zero-order chi connectivity index (χ0) is 22.1. The van der Waals surface area contributed by atoms with Crippen LogP contribution in [0.5, 0.6) is 5.75 Å². The van der Waals surface area contributed by atoms with Gasteiger partial charge in [-0.2, -0.15) is 10.2 Å². The summed E-state index contributed by atoms with van der Waals surface area (Å²) in [6.07, 6.45) is 1.63. The van der Waals surface area contributed by atoms with E-state index >= 15 is 0 Å². The molecule has 1 N–H and O–H groups in total. The summed E-state index contributed by atoms with van der Waals surface area (Å²) in [7, 11) is 1.58. The molecule has 8 nitrogen and oxygen atoms in total. The second-order valence-corrected chi connectivity index (χ2v) is 7.41. The lowest BCUT2D eigenvalue weighted by atomic mass is 10.1. The monoisotopic (exact) mass is 417 g/mol. The van der Waals surface area contributed by atoms with E-state index in [1.807, 2.05) is 32.0 Å². The molecule has 0 spiro atoms. The quantitative estimate of drug-likeness (QED) is 0.539. The van der Waals surface area contributed by atoms with Crippen LogP contribution in [-0.2, 0) is 11.3 Å². The molecule has 0 atom stereocenters. The first-order valence-corrected chi connectivity index (χ1v) is 9.84. The van der Waals surface area contributed by atoms with Crippen LogP contribution >= 0.6 is 0 Å². The van der Waals surface area contributed by atoms with E-state index in [1.54, 1.807) is 49.2 Å². The van der Waals surface area contributed by atoms with Crippen LogP contribution in [0.4, 0.5) is 5.69 Å². The summed E-state index contributed by atoms with van der Waals surface area (Å²) >= 11 is 0. The molecule has 1 amide bonds. The van der Waals surface area contributed by atoms with E-state index in [4.69, 9.17) is 4.74 Å². The molecule has 0 aliphatic carbocycles. The van der Waals surface area contributed by atoms with Crippen LogP contribution in [0.3, 0.4) is 0 Å². The molecular weight excluding hydrogens is 394 g/mol. The first-order chi connectivity index (χ1) is 14.9. The topological polar surface area (TPSA) is 91.0 Å². The molecule has 8 heteroatoms. The van der Waals surface area contributed by atoms with Gasteiger partial charge in [-0.1, -0.05) is 6.07 Å². The molecule has 0 bridgehead atoms. The van der Waals surface area contributed by atoms with Crippen molar-refractivity contribution < 1.29 is 9.53 Å². The molecular formula is C23H23N5O3. The van der Waals surface area contributed by atoms with Crippen molar-refractivity contribution >= 4 is 22.5 Å². The van der Waals surface area contributed by atoms with Crippen molar-refractivity contribution in [2.24, 2.45) is 0 Å². The molecule has 0 saturated heterocycles. The molecule has 31 heavy (non-hydrogen) atoms. The van der Waals surface area contributed by atoms with Gasteiger partial charge >= 0.3 is 0 Å². The van der Waals surface area contributed by atoms with Crippen LogP contribution in [0.15, 0.2) is 53.5 Å². The van der Waals surface area contributed by atoms with Crippen LogP contribution in [0.25, 0.3) is 16.6 Å². The normalized spacial score (nSPS) is 11.0. The number of amides is 1. The Morgan fingerprint density at radius 2 is 1.81 bits per heavy atom. The van der Waals surface area contributed by atoms with Gasteiger partial charge in [-0.3, -0.25) is 9.59 Å². The van der Waals surface area contributed by atoms with Crippen molar-refractivity contribution in [2.75, 3.05) is 12.4 Å². The fourth-order valence-corrected chi connectivity index (χ4v) is 3.39. The molecule has 0 aliphatic rings. The molecule has 0 unspecified atom stereocenters. The predicted octanol–water partition coefficient (Wildman–Crippen LogP) is 3.15. The van der Waals surface area contributed by atoms with Gasteiger partial charge in [0.1, 0.15) is 17.8 Å². The molecule has 4 rings (SSSR count). The van der Waals surface area contributed by atoms with Crippen molar-refractivity contribution in [2.45, 2.75) is 27.3 Å². The largest absolute Gasteiger partial charge is 0.497 e. The Morgan fingerprint density at radius 1 is 1.06 bits per heavy atom. The first-order valence-electron chi connectivity index (χ1n) is 9.84. The van der Waals surface area contributed by atoms with Crippen molar-refractivity contribution in [1.82, 2.24) is 19.6 Å². The lowest BCUT2D eigenvalue weighted by Crippen LogP contribution is -2.31. The number of benzene rings is 2. The third kappa shape index (κ3) is 3.92. The molecule has 158 valence electrons. The maximum Gasteiger partial charge on any atom is 0.293 e. The van der Waals surface area contributed by atoms with Gasteiger partial charge in [0.05, 0.1) is 24.7 Å². The highest BCUT2D eigenvalue weighted by molar-refractivity contribution is 5.90. The molecule has 4 aromatic rings. The van der Waals surface area contributed by atoms with Gasteiger partial charge in [0, 0.05) is 11.1 Å². The number of aromatic nitrogens is 4. The van der Waals surface area contributed by atoms with Crippen LogP contribution in [0.2, 0.25) is 0 Å². The maximum atomic E-state index is 13.2. The third-order valence-corrected chi connectivity index (χ3v) is 5.27. The molecule has 2 heterocycles. The Bertz CT molecular complexity index is 1340. The van der Waals surface area contributed by atoms with E-state index in [9.17, 15) is 9.59 Å². The number of nitrogens with one attached hydrogen (secondary N) is 1. The van der Waals surface area contributed by atoms with E-state index in [1.165, 1.54) is 4.68 Å². The first kappa shape index (κ1) is 20.3. The molecule has 0 radical (unpaired) electrons. The highest BCUT2D eigenvalue weighted by Gasteiger charge is 2.17. The average molecular weight is 417 g/mol. The average Bonchev–Trinajstić information content (AvgIpc) is 3.20. The summed E-state index contributed by atoms with van der Waals surface area (Å²) in [6, 6.07) is 12.9. The number of methoxy groups -OCH3 is 1. The number of ether oxygens (including phenoxy) is 1. The Hall–Kier alpha value is -3.94. The zero-order valence-corrected chi connectivity index (χ0v) is 17.8. The highest BCUT2D eigenvalue weighted by Crippen LogP contribution is 2.19. The summed E-state index contributed by atoms with van der Waals surface area (Å²) in [5, 5.41) is 12.2.